The van der Waals surface area contributed by atoms with Crippen LogP contribution in [-0.2, 0) is 19.5 Å². The number of nitrogens with zero attached hydrogens (tertiary/aromatic N) is 3. The van der Waals surface area contributed by atoms with Crippen LogP contribution in [0.25, 0.3) is 0 Å². The summed E-state index contributed by atoms with van der Waals surface area (Å²) < 4.78 is 1.16. The molecule has 0 spiro atoms. The van der Waals surface area contributed by atoms with Crippen molar-refractivity contribution in [3.63, 3.8) is 0 Å². The summed E-state index contributed by atoms with van der Waals surface area (Å²) in [6, 6.07) is 4.21. The summed E-state index contributed by atoms with van der Waals surface area (Å²) >= 11 is 6.99. The zero-order valence-electron chi connectivity index (χ0n) is 12.8. The van der Waals surface area contributed by atoms with Crippen molar-refractivity contribution in [1.29, 1.82) is 0 Å². The molecule has 0 radical (unpaired) electrons. The molecule has 0 aromatic carbocycles. The third kappa shape index (κ3) is 5.78. The second kappa shape index (κ2) is 9.84. The molecule has 0 saturated heterocycles. The molecule has 2 heterocycles. The van der Waals surface area contributed by atoms with Crippen LogP contribution in [0, 0.1) is 0 Å². The Labute approximate surface area is 165 Å². The van der Waals surface area contributed by atoms with Crippen LogP contribution in [0.3, 0.4) is 0 Å². The van der Waals surface area contributed by atoms with Gasteiger partial charge >= 0.3 is 0 Å². The molecule has 2 aromatic heterocycles. The number of aromatic nitrogens is 1. The van der Waals surface area contributed by atoms with Gasteiger partial charge in [-0.2, -0.15) is 0 Å². The normalized spacial score (nSPS) is 11.2. The zero-order valence-corrected chi connectivity index (χ0v) is 18.3. The van der Waals surface area contributed by atoms with Crippen molar-refractivity contribution < 1.29 is 0 Å². The summed E-state index contributed by atoms with van der Waals surface area (Å²) in [4.78, 5) is 13.5. The number of guanidine groups is 1. The lowest BCUT2D eigenvalue weighted by Gasteiger charge is -2.21. The van der Waals surface area contributed by atoms with Crippen LogP contribution >= 0.6 is 62.6 Å². The summed E-state index contributed by atoms with van der Waals surface area (Å²) in [5, 5.41) is 4.46. The molecule has 0 atom stereocenters. The topological polar surface area (TPSA) is 40.5 Å². The van der Waals surface area contributed by atoms with Gasteiger partial charge in [0.15, 0.2) is 5.96 Å². The average Bonchev–Trinajstić information content (AvgIpc) is 3.08. The zero-order chi connectivity index (χ0) is 15.2. The molecule has 22 heavy (non-hydrogen) atoms. The molecule has 0 amide bonds. The predicted octanol–water partition coefficient (Wildman–Crippen LogP) is 4.35. The van der Waals surface area contributed by atoms with Gasteiger partial charge in [0.05, 0.1) is 16.9 Å². The average molecular weight is 515 g/mol. The van der Waals surface area contributed by atoms with Gasteiger partial charge in [0.2, 0.25) is 0 Å². The molecule has 4 nitrogen and oxygen atoms in total. The summed E-state index contributed by atoms with van der Waals surface area (Å²) in [6.07, 6.45) is 3.00. The molecular formula is C14H20BrIN4S2. The first-order valence-corrected chi connectivity index (χ1v) is 9.14. The van der Waals surface area contributed by atoms with E-state index < -0.39 is 0 Å². The first-order chi connectivity index (χ1) is 10.1. The van der Waals surface area contributed by atoms with E-state index in [9.17, 15) is 0 Å². The van der Waals surface area contributed by atoms with E-state index >= 15 is 0 Å². The second-order valence-electron chi connectivity index (χ2n) is 4.54. The Balaban J connectivity index is 0.00000242. The van der Waals surface area contributed by atoms with E-state index in [1.165, 1.54) is 9.75 Å². The van der Waals surface area contributed by atoms with Gasteiger partial charge in [0.1, 0.15) is 5.01 Å². The molecule has 0 aliphatic carbocycles. The fraction of sp³-hybridized carbons (Fsp3) is 0.429. The Morgan fingerprint density at radius 2 is 2.14 bits per heavy atom. The van der Waals surface area contributed by atoms with Crippen molar-refractivity contribution in [3.8, 4) is 0 Å². The van der Waals surface area contributed by atoms with Gasteiger partial charge in [0, 0.05) is 30.0 Å². The summed E-state index contributed by atoms with van der Waals surface area (Å²) in [6.45, 7) is 3.71. The van der Waals surface area contributed by atoms with E-state index in [2.05, 4.69) is 55.2 Å². The first-order valence-electron chi connectivity index (χ1n) is 6.72. The van der Waals surface area contributed by atoms with E-state index in [0.717, 1.165) is 34.3 Å². The molecule has 0 fully saturated rings. The maximum atomic E-state index is 4.42. The number of nitrogens with one attached hydrogen (secondary N) is 1. The number of rotatable bonds is 5. The molecule has 2 aromatic rings. The van der Waals surface area contributed by atoms with Crippen molar-refractivity contribution in [2.45, 2.75) is 26.4 Å². The Morgan fingerprint density at radius 3 is 2.68 bits per heavy atom. The van der Waals surface area contributed by atoms with Crippen molar-refractivity contribution in [1.82, 2.24) is 15.2 Å². The third-order valence-corrected chi connectivity index (χ3v) is 5.69. The van der Waals surface area contributed by atoms with Crippen molar-refractivity contribution in [2.75, 3.05) is 14.1 Å². The minimum atomic E-state index is 0. The highest BCUT2D eigenvalue weighted by Gasteiger charge is 2.09. The Hall–Kier alpha value is -0.190. The van der Waals surface area contributed by atoms with Gasteiger partial charge in [-0.1, -0.05) is 6.92 Å². The van der Waals surface area contributed by atoms with Gasteiger partial charge in [-0.3, -0.25) is 4.99 Å². The molecule has 122 valence electrons. The lowest BCUT2D eigenvalue weighted by molar-refractivity contribution is 0.481. The van der Waals surface area contributed by atoms with Crippen molar-refractivity contribution >= 4 is 68.5 Å². The Kier molecular flexibility index (Phi) is 8.88. The molecule has 8 heteroatoms. The molecule has 1 N–H and O–H groups in total. The number of halogens is 2. The highest BCUT2D eigenvalue weighted by Crippen LogP contribution is 2.23. The quantitative estimate of drug-likeness (QED) is 0.366. The highest BCUT2D eigenvalue weighted by molar-refractivity contribution is 14.0. The van der Waals surface area contributed by atoms with Crippen LogP contribution in [0.4, 0.5) is 0 Å². The van der Waals surface area contributed by atoms with Crippen LogP contribution in [0.2, 0.25) is 0 Å². The van der Waals surface area contributed by atoms with Crippen LogP contribution in [0.15, 0.2) is 27.1 Å². The lowest BCUT2D eigenvalue weighted by Crippen LogP contribution is -2.37. The second-order valence-corrected chi connectivity index (χ2v) is 8.28. The fourth-order valence-corrected chi connectivity index (χ4v) is 4.22. The van der Waals surface area contributed by atoms with E-state index in [4.69, 9.17) is 0 Å². The maximum absolute atomic E-state index is 4.42. The summed E-state index contributed by atoms with van der Waals surface area (Å²) in [5.41, 5.74) is 0. The van der Waals surface area contributed by atoms with E-state index in [0.29, 0.717) is 0 Å². The number of aliphatic imine (C=N–C) groups is 1. The molecule has 0 unspecified atom stereocenters. The standard InChI is InChI=1S/C14H19BrN4S2.HI/c1-4-10-7-17-13(21-10)8-18-14(16-2)19(3)9-11-5-6-12(15)20-11;/h5-7H,4,8-9H2,1-3H3,(H,16,18);1H. The van der Waals surface area contributed by atoms with Gasteiger partial charge in [-0.15, -0.1) is 46.7 Å². The lowest BCUT2D eigenvalue weighted by atomic mass is 10.4. The number of aryl methyl sites for hydroxylation is 1. The largest absolute Gasteiger partial charge is 0.350 e. The van der Waals surface area contributed by atoms with Crippen LogP contribution in [0.5, 0.6) is 0 Å². The van der Waals surface area contributed by atoms with Crippen LogP contribution in [-0.4, -0.2) is 29.9 Å². The van der Waals surface area contributed by atoms with E-state index in [1.54, 1.807) is 22.7 Å². The number of thiazole rings is 1. The van der Waals surface area contributed by atoms with Crippen LogP contribution in [0.1, 0.15) is 21.7 Å². The minimum Gasteiger partial charge on any atom is -0.350 e. The molecule has 0 aliphatic rings. The summed E-state index contributed by atoms with van der Waals surface area (Å²) in [7, 11) is 3.85. The molecular weight excluding hydrogens is 495 g/mol. The van der Waals surface area contributed by atoms with E-state index in [-0.39, 0.29) is 24.0 Å². The van der Waals surface area contributed by atoms with Gasteiger partial charge in [-0.05, 0) is 34.5 Å². The van der Waals surface area contributed by atoms with Crippen LogP contribution < -0.4 is 5.32 Å². The SMILES string of the molecule is CCc1cnc(CNC(=NC)N(C)Cc2ccc(Br)s2)s1.I. The van der Waals surface area contributed by atoms with Gasteiger partial charge < -0.3 is 10.2 Å². The molecule has 0 aliphatic heterocycles. The van der Waals surface area contributed by atoms with Crippen molar-refractivity contribution in [2.24, 2.45) is 4.99 Å². The predicted molar refractivity (Wildman–Crippen MR) is 111 cm³/mol. The maximum Gasteiger partial charge on any atom is 0.194 e. The number of hydrogen-bond acceptors (Lipinski definition) is 4. The highest BCUT2D eigenvalue weighted by atomic mass is 127. The first kappa shape index (κ1) is 19.9. The Bertz CT molecular complexity index is 612. The Morgan fingerprint density at radius 1 is 1.36 bits per heavy atom. The smallest absolute Gasteiger partial charge is 0.194 e. The van der Waals surface area contributed by atoms with E-state index in [1.807, 2.05) is 20.3 Å². The number of hydrogen-bond donors (Lipinski definition) is 1. The fourth-order valence-electron chi connectivity index (χ4n) is 1.88. The van der Waals surface area contributed by atoms with Gasteiger partial charge in [-0.25, -0.2) is 4.98 Å². The number of thiophene rings is 1. The monoisotopic (exact) mass is 514 g/mol. The molecule has 0 saturated carbocycles. The third-order valence-electron chi connectivity index (χ3n) is 2.94. The summed E-state index contributed by atoms with van der Waals surface area (Å²) in [5.74, 6) is 0.882. The van der Waals surface area contributed by atoms with Crippen molar-refractivity contribution in [3.05, 3.63) is 36.9 Å². The minimum absolute atomic E-state index is 0. The van der Waals surface area contributed by atoms with Gasteiger partial charge in [0.25, 0.3) is 0 Å². The molecule has 0 bridgehead atoms. The molecule has 2 rings (SSSR count).